The van der Waals surface area contributed by atoms with Crippen molar-refractivity contribution in [2.75, 3.05) is 6.07 Å². The van der Waals surface area contributed by atoms with Gasteiger partial charge in [0.05, 0.1) is 0 Å². The third kappa shape index (κ3) is 4.14. The number of esters is 1. The van der Waals surface area contributed by atoms with Crippen LogP contribution in [0, 0.1) is 3.57 Å². The molecule has 3 nitrogen and oxygen atoms in total. The molecule has 2 rings (SSSR count). The van der Waals surface area contributed by atoms with Crippen LogP contribution in [0.5, 0.6) is 5.75 Å². The average Bonchev–Trinajstić information content (AvgIpc) is 2.48. The van der Waals surface area contributed by atoms with Gasteiger partial charge in [-0.2, -0.15) is 0 Å². The smallest absolute Gasteiger partial charge is 0.342 e. The standard InChI is InChI=1S/C17H16ClIO3/c1-17(2,12-6-4-3-5-7-12)22-16(20)14-9-8-13(19)10-15(14)21-11-18/h3-10H,11H2,1-2H3. The zero-order chi connectivity index (χ0) is 16.2. The Morgan fingerprint density at radius 1 is 1.18 bits per heavy atom. The van der Waals surface area contributed by atoms with E-state index in [9.17, 15) is 4.79 Å². The maximum Gasteiger partial charge on any atom is 0.342 e. The monoisotopic (exact) mass is 430 g/mol. The summed E-state index contributed by atoms with van der Waals surface area (Å²) < 4.78 is 11.9. The Kier molecular flexibility index (Phi) is 5.69. The van der Waals surface area contributed by atoms with Crippen LogP contribution in [0.4, 0.5) is 0 Å². The lowest BCUT2D eigenvalue weighted by molar-refractivity contribution is -0.00343. The molecule has 0 heterocycles. The van der Waals surface area contributed by atoms with Gasteiger partial charge >= 0.3 is 5.97 Å². The lowest BCUT2D eigenvalue weighted by Crippen LogP contribution is -2.26. The first-order chi connectivity index (χ1) is 10.4. The van der Waals surface area contributed by atoms with E-state index >= 15 is 0 Å². The van der Waals surface area contributed by atoms with Gasteiger partial charge in [0.2, 0.25) is 0 Å². The summed E-state index contributed by atoms with van der Waals surface area (Å²) in [5, 5.41) is 0. The second-order valence-corrected chi connectivity index (χ2v) is 6.62. The van der Waals surface area contributed by atoms with E-state index in [-0.39, 0.29) is 6.07 Å². The van der Waals surface area contributed by atoms with Crippen LogP contribution in [0.2, 0.25) is 0 Å². The predicted molar refractivity (Wildman–Crippen MR) is 95.4 cm³/mol. The molecule has 0 bridgehead atoms. The first kappa shape index (κ1) is 17.1. The van der Waals surface area contributed by atoms with Crippen molar-refractivity contribution < 1.29 is 14.3 Å². The molecule has 2 aromatic rings. The van der Waals surface area contributed by atoms with E-state index in [1.807, 2.05) is 50.2 Å². The summed E-state index contributed by atoms with van der Waals surface area (Å²) in [6.45, 7) is 3.71. The van der Waals surface area contributed by atoms with E-state index in [0.717, 1.165) is 9.13 Å². The summed E-state index contributed by atoms with van der Waals surface area (Å²) in [6.07, 6.45) is 0. The fraction of sp³-hybridized carbons (Fsp3) is 0.235. The molecule has 0 aliphatic carbocycles. The number of carbonyl (C=O) groups excluding carboxylic acids is 1. The van der Waals surface area contributed by atoms with Gasteiger partial charge < -0.3 is 9.47 Å². The molecule has 0 atom stereocenters. The van der Waals surface area contributed by atoms with Crippen molar-refractivity contribution in [1.29, 1.82) is 0 Å². The van der Waals surface area contributed by atoms with Gasteiger partial charge in [-0.3, -0.25) is 0 Å². The Hall–Kier alpha value is -1.27. The van der Waals surface area contributed by atoms with Gasteiger partial charge in [-0.05, 0) is 60.2 Å². The molecule has 0 unspecified atom stereocenters. The van der Waals surface area contributed by atoms with Crippen molar-refractivity contribution in [2.24, 2.45) is 0 Å². The molecule has 0 amide bonds. The second kappa shape index (κ2) is 7.33. The van der Waals surface area contributed by atoms with Crippen LogP contribution in [-0.2, 0) is 10.3 Å². The molecule has 0 spiro atoms. The third-order valence-electron chi connectivity index (χ3n) is 3.19. The van der Waals surface area contributed by atoms with Crippen molar-refractivity contribution in [1.82, 2.24) is 0 Å². The van der Waals surface area contributed by atoms with Crippen LogP contribution < -0.4 is 4.74 Å². The van der Waals surface area contributed by atoms with E-state index in [2.05, 4.69) is 22.6 Å². The van der Waals surface area contributed by atoms with Gasteiger partial charge in [0.25, 0.3) is 0 Å². The SMILES string of the molecule is CC(C)(OC(=O)c1ccc(I)cc1OCCl)c1ccccc1. The van der Waals surface area contributed by atoms with E-state index in [1.165, 1.54) is 0 Å². The van der Waals surface area contributed by atoms with Gasteiger partial charge in [0, 0.05) is 3.57 Å². The van der Waals surface area contributed by atoms with Crippen LogP contribution >= 0.6 is 34.2 Å². The van der Waals surface area contributed by atoms with Crippen molar-refractivity contribution in [2.45, 2.75) is 19.4 Å². The summed E-state index contributed by atoms with van der Waals surface area (Å²) in [7, 11) is 0. The number of alkyl halides is 1. The quantitative estimate of drug-likeness (QED) is 0.382. The molecule has 2 aromatic carbocycles. The lowest BCUT2D eigenvalue weighted by atomic mass is 9.98. The van der Waals surface area contributed by atoms with Gasteiger partial charge in [-0.15, -0.1) is 0 Å². The summed E-state index contributed by atoms with van der Waals surface area (Å²) in [5.41, 5.74) is 0.554. The Balaban J connectivity index is 2.26. The first-order valence-corrected chi connectivity index (χ1v) is 8.32. The minimum absolute atomic E-state index is 0.0253. The van der Waals surface area contributed by atoms with Gasteiger partial charge in [-0.1, -0.05) is 41.9 Å². The highest BCUT2D eigenvalue weighted by atomic mass is 127. The van der Waals surface area contributed by atoms with Crippen LogP contribution in [-0.4, -0.2) is 12.0 Å². The number of hydrogen-bond acceptors (Lipinski definition) is 3. The highest BCUT2D eigenvalue weighted by Gasteiger charge is 2.27. The van der Waals surface area contributed by atoms with E-state index in [4.69, 9.17) is 21.1 Å². The number of ether oxygens (including phenoxy) is 2. The fourth-order valence-corrected chi connectivity index (χ4v) is 2.61. The van der Waals surface area contributed by atoms with E-state index in [0.29, 0.717) is 11.3 Å². The Morgan fingerprint density at radius 2 is 1.86 bits per heavy atom. The van der Waals surface area contributed by atoms with Crippen LogP contribution in [0.3, 0.4) is 0 Å². The van der Waals surface area contributed by atoms with Gasteiger partial charge in [-0.25, -0.2) is 4.79 Å². The second-order valence-electron chi connectivity index (χ2n) is 5.16. The molecule has 0 saturated heterocycles. The zero-order valence-corrected chi connectivity index (χ0v) is 15.2. The predicted octanol–water partition coefficient (Wildman–Crippen LogP) is 4.96. The normalized spacial score (nSPS) is 11.1. The minimum Gasteiger partial charge on any atom is -0.477 e. The molecule has 22 heavy (non-hydrogen) atoms. The fourth-order valence-electron chi connectivity index (χ4n) is 2.03. The highest BCUT2D eigenvalue weighted by Crippen LogP contribution is 2.29. The molecule has 0 fully saturated rings. The Labute approximate surface area is 148 Å². The molecule has 116 valence electrons. The third-order valence-corrected chi connectivity index (χ3v) is 3.97. The molecular weight excluding hydrogens is 415 g/mol. The molecular formula is C17H16ClIO3. The maximum atomic E-state index is 12.5. The Bertz CT molecular complexity index is 656. The molecule has 0 radical (unpaired) electrons. The summed E-state index contributed by atoms with van der Waals surface area (Å²) in [4.78, 5) is 12.5. The van der Waals surface area contributed by atoms with E-state index in [1.54, 1.807) is 12.1 Å². The molecule has 0 aromatic heterocycles. The number of halogens is 2. The number of hydrogen-bond donors (Lipinski definition) is 0. The first-order valence-electron chi connectivity index (χ1n) is 6.71. The molecule has 0 aliphatic heterocycles. The number of benzene rings is 2. The summed E-state index contributed by atoms with van der Waals surface area (Å²) in [6, 6.07) is 14.9. The van der Waals surface area contributed by atoms with Crippen LogP contribution in [0.1, 0.15) is 29.8 Å². The maximum absolute atomic E-state index is 12.5. The van der Waals surface area contributed by atoms with Gasteiger partial charge in [0.1, 0.15) is 16.9 Å². The minimum atomic E-state index is -0.737. The largest absolute Gasteiger partial charge is 0.477 e. The zero-order valence-electron chi connectivity index (χ0n) is 12.3. The molecule has 0 saturated carbocycles. The topological polar surface area (TPSA) is 35.5 Å². The average molecular weight is 431 g/mol. The lowest BCUT2D eigenvalue weighted by Gasteiger charge is -2.26. The molecule has 5 heteroatoms. The van der Waals surface area contributed by atoms with Crippen LogP contribution in [0.25, 0.3) is 0 Å². The van der Waals surface area contributed by atoms with Crippen LogP contribution in [0.15, 0.2) is 48.5 Å². The van der Waals surface area contributed by atoms with E-state index < -0.39 is 11.6 Å². The van der Waals surface area contributed by atoms with Crippen molar-refractivity contribution >= 4 is 40.2 Å². The highest BCUT2D eigenvalue weighted by molar-refractivity contribution is 14.1. The molecule has 0 N–H and O–H groups in total. The summed E-state index contributed by atoms with van der Waals surface area (Å²) >= 11 is 7.76. The Morgan fingerprint density at radius 3 is 2.50 bits per heavy atom. The van der Waals surface area contributed by atoms with Crippen molar-refractivity contribution in [3.8, 4) is 5.75 Å². The van der Waals surface area contributed by atoms with Gasteiger partial charge in [0.15, 0.2) is 6.07 Å². The summed E-state index contributed by atoms with van der Waals surface area (Å²) in [5.74, 6) is -0.0128. The van der Waals surface area contributed by atoms with Crippen molar-refractivity contribution in [3.05, 3.63) is 63.2 Å². The van der Waals surface area contributed by atoms with Crippen molar-refractivity contribution in [3.63, 3.8) is 0 Å². The molecule has 0 aliphatic rings. The number of carbonyl (C=O) groups is 1. The number of rotatable bonds is 5.